The van der Waals surface area contributed by atoms with E-state index in [1.54, 1.807) is 41.7 Å². The van der Waals surface area contributed by atoms with Crippen LogP contribution in [0.5, 0.6) is 0 Å². The third-order valence-corrected chi connectivity index (χ3v) is 8.27. The molecule has 2 N–H and O–H groups in total. The number of hydrogen-bond donors (Lipinski definition) is 2. The highest BCUT2D eigenvalue weighted by Gasteiger charge is 2.19. The number of benzene rings is 3. The number of thiocarbonyl (C=S) groups is 1. The largest absolute Gasteiger partial charge is 0.451 e. The topological polar surface area (TPSA) is 67.2 Å². The molecule has 5 rings (SSSR count). The highest BCUT2D eigenvalue weighted by atomic mass is 79.9. The molecule has 3 aromatic carbocycles. The number of nitrogens with zero attached hydrogens (tertiary/aromatic N) is 1. The maximum Gasteiger partial charge on any atom is 0.293 e. The number of carbonyl (C=O) groups excluding carboxylic acids is 1. The van der Waals surface area contributed by atoms with Crippen LogP contribution in [0.4, 0.5) is 5.69 Å². The molecule has 0 saturated heterocycles. The highest BCUT2D eigenvalue weighted by molar-refractivity contribution is 9.11. The first-order valence-corrected chi connectivity index (χ1v) is 13.9. The fraction of sp³-hybridized carbons (Fsp3) is 0. The first-order chi connectivity index (χ1) is 17.3. The Kier molecular flexibility index (Phi) is 7.48. The van der Waals surface area contributed by atoms with Crippen molar-refractivity contribution in [3.05, 3.63) is 91.5 Å². The van der Waals surface area contributed by atoms with Gasteiger partial charge in [-0.25, -0.2) is 4.98 Å². The second kappa shape index (κ2) is 10.6. The third kappa shape index (κ3) is 5.22. The molecule has 0 aliphatic rings. The first kappa shape index (κ1) is 25.4. The van der Waals surface area contributed by atoms with Crippen LogP contribution < -0.4 is 10.6 Å². The number of carbonyl (C=O) groups is 1. The maximum absolute atomic E-state index is 12.8. The lowest BCUT2D eigenvalue weighted by atomic mass is 10.2. The fourth-order valence-electron chi connectivity index (χ4n) is 3.46. The molecule has 36 heavy (non-hydrogen) atoms. The number of aromatic nitrogens is 1. The SMILES string of the molecule is O=C(NC(=S)Nc1c(Br)cc(Br)cc1-c1nc2ccccc2s1)c1ccc(-c2cccc(Cl)c2Cl)o1. The van der Waals surface area contributed by atoms with E-state index in [-0.39, 0.29) is 10.9 Å². The third-order valence-electron chi connectivity index (χ3n) is 5.09. The average molecular weight is 682 g/mol. The molecule has 11 heteroatoms. The molecule has 0 atom stereocenters. The molecule has 2 aromatic heterocycles. The normalized spacial score (nSPS) is 11.0. The van der Waals surface area contributed by atoms with Crippen LogP contribution in [0.2, 0.25) is 10.0 Å². The molecular weight excluding hydrogens is 669 g/mol. The van der Waals surface area contributed by atoms with E-state index < -0.39 is 5.91 Å². The minimum Gasteiger partial charge on any atom is -0.451 e. The Morgan fingerprint density at radius 3 is 2.61 bits per heavy atom. The van der Waals surface area contributed by atoms with E-state index in [1.165, 1.54) is 0 Å². The van der Waals surface area contributed by atoms with Gasteiger partial charge >= 0.3 is 0 Å². The zero-order valence-electron chi connectivity index (χ0n) is 17.9. The van der Waals surface area contributed by atoms with Crippen molar-refractivity contribution in [3.63, 3.8) is 0 Å². The molecular formula is C25H13Br2Cl2N3O2S2. The number of furan rings is 1. The monoisotopic (exact) mass is 679 g/mol. The molecule has 0 spiro atoms. The van der Waals surface area contributed by atoms with Crippen LogP contribution in [-0.4, -0.2) is 16.0 Å². The highest BCUT2D eigenvalue weighted by Crippen LogP contribution is 2.40. The number of para-hydroxylation sites is 1. The van der Waals surface area contributed by atoms with Crippen LogP contribution in [0.15, 0.2) is 80.1 Å². The number of thiazole rings is 1. The number of fused-ring (bicyclic) bond motifs is 1. The summed E-state index contributed by atoms with van der Waals surface area (Å²) in [5.41, 5.74) is 2.99. The zero-order valence-corrected chi connectivity index (χ0v) is 24.3. The van der Waals surface area contributed by atoms with E-state index in [1.807, 2.05) is 36.4 Å². The van der Waals surface area contributed by atoms with E-state index in [0.717, 1.165) is 29.7 Å². The summed E-state index contributed by atoms with van der Waals surface area (Å²) in [6.45, 7) is 0. The summed E-state index contributed by atoms with van der Waals surface area (Å²) in [6.07, 6.45) is 0. The molecule has 180 valence electrons. The lowest BCUT2D eigenvalue weighted by molar-refractivity contribution is 0.0951. The fourth-order valence-corrected chi connectivity index (χ4v) is 6.37. The van der Waals surface area contributed by atoms with Gasteiger partial charge < -0.3 is 9.73 Å². The molecule has 5 aromatic rings. The van der Waals surface area contributed by atoms with Gasteiger partial charge in [-0.15, -0.1) is 11.3 Å². The molecule has 2 heterocycles. The molecule has 0 aliphatic heterocycles. The van der Waals surface area contributed by atoms with Gasteiger partial charge in [0.2, 0.25) is 0 Å². The molecule has 0 fully saturated rings. The van der Waals surface area contributed by atoms with Crippen LogP contribution in [0.3, 0.4) is 0 Å². The first-order valence-electron chi connectivity index (χ1n) is 10.3. The van der Waals surface area contributed by atoms with E-state index in [0.29, 0.717) is 27.1 Å². The van der Waals surface area contributed by atoms with Crippen LogP contribution in [-0.2, 0) is 0 Å². The molecule has 1 amide bonds. The Hall–Kier alpha value is -2.27. The Morgan fingerprint density at radius 2 is 1.81 bits per heavy atom. The number of hydrogen-bond acceptors (Lipinski definition) is 5. The minimum atomic E-state index is -0.508. The number of anilines is 1. The van der Waals surface area contributed by atoms with Gasteiger partial charge in [-0.3, -0.25) is 10.1 Å². The predicted molar refractivity (Wildman–Crippen MR) is 158 cm³/mol. The Morgan fingerprint density at radius 1 is 1.00 bits per heavy atom. The summed E-state index contributed by atoms with van der Waals surface area (Å²) in [7, 11) is 0. The zero-order chi connectivity index (χ0) is 25.4. The Bertz CT molecular complexity index is 1620. The van der Waals surface area contributed by atoms with Gasteiger partial charge in [-0.1, -0.05) is 57.3 Å². The van der Waals surface area contributed by atoms with Crippen LogP contribution >= 0.6 is 78.6 Å². The molecule has 0 bridgehead atoms. The van der Waals surface area contributed by atoms with Crippen LogP contribution in [0.1, 0.15) is 10.6 Å². The van der Waals surface area contributed by atoms with Gasteiger partial charge in [0.1, 0.15) is 10.8 Å². The van der Waals surface area contributed by atoms with Crippen molar-refractivity contribution in [2.24, 2.45) is 0 Å². The van der Waals surface area contributed by atoms with Crippen molar-refractivity contribution in [1.82, 2.24) is 10.3 Å². The summed E-state index contributed by atoms with van der Waals surface area (Å²) in [5, 5.41) is 7.44. The van der Waals surface area contributed by atoms with Gasteiger partial charge in [0.25, 0.3) is 5.91 Å². The van der Waals surface area contributed by atoms with Gasteiger partial charge in [0.05, 0.1) is 25.9 Å². The standard InChI is InChI=1S/C25H13Br2Cl2N3O2S2/c26-12-10-14(24-30-17-6-1-2-7-20(17)36-24)22(15(27)11-12)31-25(35)32-23(33)19-9-8-18(34-19)13-4-3-5-16(28)21(13)29/h1-11H,(H2,31,32,33,35). The second-order valence-corrected chi connectivity index (χ2v) is 11.5. The van der Waals surface area contributed by atoms with Gasteiger partial charge in [-0.2, -0.15) is 0 Å². The molecule has 0 unspecified atom stereocenters. The predicted octanol–water partition coefficient (Wildman–Crippen LogP) is 9.18. The van der Waals surface area contributed by atoms with E-state index in [2.05, 4.69) is 42.5 Å². The minimum absolute atomic E-state index is 0.0754. The van der Waals surface area contributed by atoms with Crippen LogP contribution in [0, 0.1) is 0 Å². The number of halogens is 4. The summed E-state index contributed by atoms with van der Waals surface area (Å²) in [5.74, 6) is -0.0153. The van der Waals surface area contributed by atoms with Crippen LogP contribution in [0.25, 0.3) is 32.1 Å². The Labute approximate surface area is 242 Å². The van der Waals surface area contributed by atoms with Crippen molar-refractivity contribution in [3.8, 4) is 21.9 Å². The maximum atomic E-state index is 12.8. The average Bonchev–Trinajstić information content (AvgIpc) is 3.50. The van der Waals surface area contributed by atoms with Gasteiger partial charge in [0, 0.05) is 20.1 Å². The summed E-state index contributed by atoms with van der Waals surface area (Å²) >= 11 is 26.5. The van der Waals surface area contributed by atoms with Crippen molar-refractivity contribution in [1.29, 1.82) is 0 Å². The smallest absolute Gasteiger partial charge is 0.293 e. The lowest BCUT2D eigenvalue weighted by Crippen LogP contribution is -2.34. The number of rotatable bonds is 4. The second-order valence-electron chi connectivity index (χ2n) is 7.47. The van der Waals surface area contributed by atoms with E-state index in [9.17, 15) is 4.79 Å². The van der Waals surface area contributed by atoms with Crippen molar-refractivity contribution in [2.45, 2.75) is 0 Å². The number of nitrogens with one attached hydrogen (secondary N) is 2. The quantitative estimate of drug-likeness (QED) is 0.185. The molecule has 5 nitrogen and oxygen atoms in total. The van der Waals surface area contributed by atoms with E-state index >= 15 is 0 Å². The van der Waals surface area contributed by atoms with Gasteiger partial charge in [0.15, 0.2) is 10.9 Å². The Balaban J connectivity index is 1.38. The molecule has 0 radical (unpaired) electrons. The number of amides is 1. The van der Waals surface area contributed by atoms with E-state index in [4.69, 9.17) is 44.8 Å². The van der Waals surface area contributed by atoms with Crippen molar-refractivity contribution in [2.75, 3.05) is 5.32 Å². The summed E-state index contributed by atoms with van der Waals surface area (Å²) in [6, 6.07) is 20.1. The van der Waals surface area contributed by atoms with Crippen molar-refractivity contribution < 1.29 is 9.21 Å². The van der Waals surface area contributed by atoms with Crippen molar-refractivity contribution >= 4 is 106 Å². The lowest BCUT2D eigenvalue weighted by Gasteiger charge is -2.14. The summed E-state index contributed by atoms with van der Waals surface area (Å²) in [4.78, 5) is 17.6. The van der Waals surface area contributed by atoms with Gasteiger partial charge in [-0.05, 0) is 76.7 Å². The molecule has 0 saturated carbocycles. The summed E-state index contributed by atoms with van der Waals surface area (Å²) < 4.78 is 8.40. The molecule has 0 aliphatic carbocycles.